The van der Waals surface area contributed by atoms with E-state index in [1.807, 2.05) is 0 Å². The highest BCUT2D eigenvalue weighted by molar-refractivity contribution is 6.34. The second-order valence-electron chi connectivity index (χ2n) is 2.08. The number of halogens is 2. The first-order chi connectivity index (χ1) is 6.61. The smallest absolute Gasteiger partial charge is 0.293 e. The number of aromatic nitrogens is 1. The molecule has 1 aromatic heterocycles. The zero-order valence-electron chi connectivity index (χ0n) is 7.54. The van der Waals surface area contributed by atoms with E-state index in [9.17, 15) is 4.79 Å². The van der Waals surface area contributed by atoms with Gasteiger partial charge in [-0.25, -0.2) is 4.98 Å². The van der Waals surface area contributed by atoms with Gasteiger partial charge < -0.3 is 10.5 Å². The van der Waals surface area contributed by atoms with Gasteiger partial charge in [0, 0.05) is 6.20 Å². The van der Waals surface area contributed by atoms with Crippen LogP contribution in [-0.4, -0.2) is 18.1 Å². The molecule has 0 unspecified atom stereocenters. The number of nitrogen functional groups attached to an aromatic ring is 1. The van der Waals surface area contributed by atoms with Crippen LogP contribution in [0.5, 0.6) is 0 Å². The lowest BCUT2D eigenvalue weighted by atomic mass is 10.4. The summed E-state index contributed by atoms with van der Waals surface area (Å²) in [6.45, 7) is 2.66. The molecule has 14 heavy (non-hydrogen) atoms. The van der Waals surface area contributed by atoms with Gasteiger partial charge in [-0.2, -0.15) is 0 Å². The predicted octanol–water partition coefficient (Wildman–Crippen LogP) is 2.15. The van der Waals surface area contributed by atoms with Crippen LogP contribution in [0.25, 0.3) is 0 Å². The van der Waals surface area contributed by atoms with Gasteiger partial charge in [-0.1, -0.05) is 23.2 Å². The van der Waals surface area contributed by atoms with Gasteiger partial charge in [-0.05, 0) is 13.0 Å². The average molecular weight is 237 g/mol. The van der Waals surface area contributed by atoms with Crippen LogP contribution in [0.3, 0.4) is 0 Å². The summed E-state index contributed by atoms with van der Waals surface area (Å²) in [4.78, 5) is 12.9. The normalized spacial score (nSPS) is 8.50. The van der Waals surface area contributed by atoms with E-state index in [-0.39, 0.29) is 0 Å². The Kier molecular flexibility index (Phi) is 6.88. The third kappa shape index (κ3) is 5.61. The van der Waals surface area contributed by atoms with Crippen LogP contribution in [-0.2, 0) is 9.53 Å². The van der Waals surface area contributed by atoms with Crippen LogP contribution in [0.1, 0.15) is 6.92 Å². The fourth-order valence-electron chi connectivity index (χ4n) is 0.495. The van der Waals surface area contributed by atoms with Crippen LogP contribution >= 0.6 is 23.2 Å². The molecule has 6 heteroatoms. The first kappa shape index (κ1) is 13.0. The van der Waals surface area contributed by atoms with Crippen molar-refractivity contribution in [2.75, 3.05) is 12.3 Å². The van der Waals surface area contributed by atoms with Crippen molar-refractivity contribution in [2.24, 2.45) is 0 Å². The van der Waals surface area contributed by atoms with E-state index in [0.29, 0.717) is 28.9 Å². The van der Waals surface area contributed by atoms with Gasteiger partial charge in [0.05, 0.1) is 17.3 Å². The summed E-state index contributed by atoms with van der Waals surface area (Å²) in [6.07, 6.45) is 1.42. The van der Waals surface area contributed by atoms with E-state index >= 15 is 0 Å². The number of hydrogen-bond donors (Lipinski definition) is 1. The summed E-state index contributed by atoms with van der Waals surface area (Å²) in [5.74, 6) is 0. The van der Waals surface area contributed by atoms with Crippen molar-refractivity contribution in [1.29, 1.82) is 0 Å². The molecule has 0 bridgehead atoms. The molecule has 1 heterocycles. The Morgan fingerprint density at radius 3 is 2.57 bits per heavy atom. The second-order valence-corrected chi connectivity index (χ2v) is 2.87. The van der Waals surface area contributed by atoms with Gasteiger partial charge in [0.2, 0.25) is 0 Å². The van der Waals surface area contributed by atoms with E-state index in [0.717, 1.165) is 0 Å². The number of carbonyl (C=O) groups is 1. The van der Waals surface area contributed by atoms with Crippen molar-refractivity contribution in [2.45, 2.75) is 6.92 Å². The van der Waals surface area contributed by atoms with Crippen LogP contribution in [0, 0.1) is 0 Å². The summed E-state index contributed by atoms with van der Waals surface area (Å²) in [5.41, 5.74) is 5.82. The van der Waals surface area contributed by atoms with E-state index in [2.05, 4.69) is 9.72 Å². The molecule has 0 saturated carbocycles. The highest BCUT2D eigenvalue weighted by Gasteiger charge is 1.94. The van der Waals surface area contributed by atoms with Gasteiger partial charge >= 0.3 is 0 Å². The molecule has 78 valence electrons. The summed E-state index contributed by atoms with van der Waals surface area (Å²) < 4.78 is 4.15. The van der Waals surface area contributed by atoms with Crippen molar-refractivity contribution < 1.29 is 9.53 Å². The maximum Gasteiger partial charge on any atom is 0.293 e. The Hall–Kier alpha value is -1.00. The molecule has 0 spiro atoms. The minimum absolute atomic E-state index is 0.358. The molecule has 0 atom stereocenters. The first-order valence-corrected chi connectivity index (χ1v) is 4.49. The second kappa shape index (κ2) is 7.41. The van der Waals surface area contributed by atoms with Crippen LogP contribution < -0.4 is 5.73 Å². The summed E-state index contributed by atoms with van der Waals surface area (Å²) in [6, 6.07) is 1.50. The van der Waals surface area contributed by atoms with Crippen LogP contribution in [0.4, 0.5) is 5.69 Å². The molecule has 0 aliphatic rings. The number of anilines is 1. The lowest BCUT2D eigenvalue weighted by Crippen LogP contribution is -1.86. The molecule has 1 rings (SSSR count). The lowest BCUT2D eigenvalue weighted by molar-refractivity contribution is -0.128. The fraction of sp³-hybridized carbons (Fsp3) is 0.250. The van der Waals surface area contributed by atoms with E-state index in [1.54, 1.807) is 6.92 Å². The number of nitrogens with zero attached hydrogens (tertiary/aromatic N) is 1. The third-order valence-corrected chi connectivity index (χ3v) is 1.61. The van der Waals surface area contributed by atoms with Crippen molar-refractivity contribution in [3.63, 3.8) is 0 Å². The van der Waals surface area contributed by atoms with Crippen molar-refractivity contribution in [1.82, 2.24) is 4.98 Å². The number of ether oxygens (including phenoxy) is 1. The summed E-state index contributed by atoms with van der Waals surface area (Å²) >= 11 is 11.0. The van der Waals surface area contributed by atoms with Gasteiger partial charge in [0.15, 0.2) is 0 Å². The Labute approximate surface area is 92.0 Å². The number of nitrogens with two attached hydrogens (primary N) is 1. The SMILES string of the molecule is CCOC=O.Nc1cc(Cl)ncc1Cl. The Morgan fingerprint density at radius 2 is 2.29 bits per heavy atom. The van der Waals surface area contributed by atoms with Crippen molar-refractivity contribution >= 4 is 35.4 Å². The maximum absolute atomic E-state index is 9.18. The standard InChI is InChI=1S/C5H4Cl2N2.C3H6O2/c6-3-2-9-5(7)1-4(3)8;1-2-5-3-4/h1-2H,(H2,8,9);3H,2H2,1H3. The zero-order chi connectivity index (χ0) is 11.0. The fourth-order valence-corrected chi connectivity index (χ4v) is 0.765. The first-order valence-electron chi connectivity index (χ1n) is 3.73. The molecule has 0 saturated heterocycles. The lowest BCUT2D eigenvalue weighted by Gasteiger charge is -1.94. The minimum Gasteiger partial charge on any atom is -0.468 e. The van der Waals surface area contributed by atoms with E-state index < -0.39 is 0 Å². The van der Waals surface area contributed by atoms with Gasteiger partial charge in [0.25, 0.3) is 6.47 Å². The summed E-state index contributed by atoms with van der Waals surface area (Å²) in [7, 11) is 0. The molecule has 1 aromatic rings. The number of hydrogen-bond acceptors (Lipinski definition) is 4. The van der Waals surface area contributed by atoms with E-state index in [1.165, 1.54) is 12.3 Å². The van der Waals surface area contributed by atoms with Crippen LogP contribution in [0.15, 0.2) is 12.3 Å². The molecular formula is C8H10Cl2N2O2. The van der Waals surface area contributed by atoms with E-state index in [4.69, 9.17) is 28.9 Å². The van der Waals surface area contributed by atoms with Gasteiger partial charge in [-0.15, -0.1) is 0 Å². The summed E-state index contributed by atoms with van der Waals surface area (Å²) in [5, 5.41) is 0.788. The topological polar surface area (TPSA) is 65.2 Å². The van der Waals surface area contributed by atoms with Crippen molar-refractivity contribution in [3.8, 4) is 0 Å². The number of carbonyl (C=O) groups excluding carboxylic acids is 1. The zero-order valence-corrected chi connectivity index (χ0v) is 9.05. The Bertz CT molecular complexity index is 295. The van der Waals surface area contributed by atoms with Crippen LogP contribution in [0.2, 0.25) is 10.2 Å². The molecule has 0 aliphatic carbocycles. The van der Waals surface area contributed by atoms with Gasteiger partial charge in [-0.3, -0.25) is 4.79 Å². The highest BCUT2D eigenvalue weighted by atomic mass is 35.5. The van der Waals surface area contributed by atoms with Crippen molar-refractivity contribution in [3.05, 3.63) is 22.4 Å². The van der Waals surface area contributed by atoms with Gasteiger partial charge in [0.1, 0.15) is 5.15 Å². The monoisotopic (exact) mass is 236 g/mol. The molecule has 0 aliphatic heterocycles. The Morgan fingerprint density at radius 1 is 1.64 bits per heavy atom. The predicted molar refractivity (Wildman–Crippen MR) is 56.4 cm³/mol. The molecule has 0 amide bonds. The molecule has 0 aromatic carbocycles. The largest absolute Gasteiger partial charge is 0.468 e. The number of rotatable bonds is 2. The minimum atomic E-state index is 0.358. The highest BCUT2D eigenvalue weighted by Crippen LogP contribution is 2.19. The number of pyridine rings is 1. The molecule has 4 nitrogen and oxygen atoms in total. The molecule has 0 fully saturated rings. The molecule has 2 N–H and O–H groups in total. The quantitative estimate of drug-likeness (QED) is 0.632. The molecule has 0 radical (unpaired) electrons. The Balaban J connectivity index is 0.000000292. The average Bonchev–Trinajstić information content (AvgIpc) is 2.14. The maximum atomic E-state index is 9.18. The molecular weight excluding hydrogens is 227 g/mol. The third-order valence-electron chi connectivity index (χ3n) is 1.09.